The first-order valence-corrected chi connectivity index (χ1v) is 12.4. The van der Waals surface area contributed by atoms with Gasteiger partial charge in [-0.2, -0.15) is 9.29 Å². The molecule has 2 saturated heterocycles. The Morgan fingerprint density at radius 2 is 1.71 bits per heavy atom. The van der Waals surface area contributed by atoms with Crippen LogP contribution in [0.25, 0.3) is 0 Å². The van der Waals surface area contributed by atoms with Crippen LogP contribution in [0.5, 0.6) is 0 Å². The molecular formula is C21H29N5O4S. The van der Waals surface area contributed by atoms with Crippen LogP contribution >= 0.6 is 0 Å². The van der Waals surface area contributed by atoms with Crippen molar-refractivity contribution in [2.45, 2.75) is 38.0 Å². The number of aryl methyl sites for hydroxylation is 1. The van der Waals surface area contributed by atoms with E-state index in [1.165, 1.54) is 0 Å². The summed E-state index contributed by atoms with van der Waals surface area (Å²) in [5, 5.41) is 4.02. The van der Waals surface area contributed by atoms with Gasteiger partial charge in [-0.1, -0.05) is 35.5 Å². The molecule has 2 aromatic rings. The molecule has 1 aromatic carbocycles. The molecule has 0 saturated carbocycles. The van der Waals surface area contributed by atoms with E-state index in [2.05, 4.69) is 15.0 Å². The molecule has 10 heteroatoms. The van der Waals surface area contributed by atoms with E-state index in [0.29, 0.717) is 57.3 Å². The first-order chi connectivity index (χ1) is 15.0. The number of piperazine rings is 1. The van der Waals surface area contributed by atoms with E-state index < -0.39 is 10.0 Å². The van der Waals surface area contributed by atoms with Gasteiger partial charge in [0.15, 0.2) is 5.82 Å². The predicted octanol–water partition coefficient (Wildman–Crippen LogP) is 1.27. The van der Waals surface area contributed by atoms with Gasteiger partial charge in [0.1, 0.15) is 0 Å². The van der Waals surface area contributed by atoms with E-state index in [-0.39, 0.29) is 11.7 Å². The van der Waals surface area contributed by atoms with Gasteiger partial charge in [-0.25, -0.2) is 8.42 Å². The molecule has 9 nitrogen and oxygen atoms in total. The third-order valence-corrected chi connectivity index (χ3v) is 7.65. The summed E-state index contributed by atoms with van der Waals surface area (Å²) in [5.74, 6) is 1.22. The van der Waals surface area contributed by atoms with Crippen LogP contribution in [0.15, 0.2) is 34.9 Å². The van der Waals surface area contributed by atoms with E-state index in [0.717, 1.165) is 31.5 Å². The van der Waals surface area contributed by atoms with Gasteiger partial charge in [-0.05, 0) is 18.4 Å². The molecule has 0 N–H and O–H groups in total. The average Bonchev–Trinajstić information content (AvgIpc) is 3.45. The van der Waals surface area contributed by atoms with Gasteiger partial charge < -0.3 is 9.42 Å². The number of hydrogen-bond acceptors (Lipinski definition) is 7. The number of nitrogens with zero attached hydrogens (tertiary/aromatic N) is 5. The highest BCUT2D eigenvalue weighted by molar-refractivity contribution is 7.88. The van der Waals surface area contributed by atoms with Crippen molar-refractivity contribution in [2.75, 3.05) is 39.3 Å². The van der Waals surface area contributed by atoms with E-state index in [1.54, 1.807) is 4.31 Å². The molecule has 1 amide bonds. The second kappa shape index (κ2) is 9.88. The number of benzene rings is 1. The highest BCUT2D eigenvalue weighted by Gasteiger charge is 2.27. The van der Waals surface area contributed by atoms with Gasteiger partial charge in [-0.3, -0.25) is 9.69 Å². The van der Waals surface area contributed by atoms with Crippen LogP contribution < -0.4 is 0 Å². The Kier molecular flexibility index (Phi) is 6.99. The highest BCUT2D eigenvalue weighted by atomic mass is 32.2. The third kappa shape index (κ3) is 5.90. The Balaban J connectivity index is 1.22. The maximum atomic E-state index is 12.7. The SMILES string of the molecule is O=C(CCc1nc(CN2CCN(S(=O)(=O)Cc3ccccc3)CC2)no1)N1CCCC1. The van der Waals surface area contributed by atoms with Gasteiger partial charge in [0, 0.05) is 52.1 Å². The second-order valence-corrected chi connectivity index (χ2v) is 10.1. The standard InChI is InChI=1S/C21H29N5O4S/c27-21(25-10-4-5-11-25)9-8-20-22-19(23-30-20)16-24-12-14-26(15-13-24)31(28,29)17-18-6-2-1-3-7-18/h1-3,6-7H,4-5,8-17H2. The molecule has 4 rings (SSSR count). The maximum Gasteiger partial charge on any atom is 0.227 e. The first-order valence-electron chi connectivity index (χ1n) is 10.8. The summed E-state index contributed by atoms with van der Waals surface area (Å²) in [7, 11) is -3.33. The van der Waals surface area contributed by atoms with Crippen molar-refractivity contribution in [1.29, 1.82) is 0 Å². The number of aromatic nitrogens is 2. The van der Waals surface area contributed by atoms with Crippen molar-refractivity contribution < 1.29 is 17.7 Å². The van der Waals surface area contributed by atoms with Crippen molar-refractivity contribution in [3.05, 3.63) is 47.6 Å². The maximum absolute atomic E-state index is 12.7. The molecule has 2 aliphatic rings. The summed E-state index contributed by atoms with van der Waals surface area (Å²) in [4.78, 5) is 20.6. The lowest BCUT2D eigenvalue weighted by Crippen LogP contribution is -2.48. The third-order valence-electron chi connectivity index (χ3n) is 5.80. The quantitative estimate of drug-likeness (QED) is 0.601. The Morgan fingerprint density at radius 3 is 2.42 bits per heavy atom. The number of likely N-dealkylation sites (tertiary alicyclic amines) is 1. The van der Waals surface area contributed by atoms with Gasteiger partial charge in [0.05, 0.1) is 12.3 Å². The molecule has 0 unspecified atom stereocenters. The Labute approximate surface area is 183 Å². The van der Waals surface area contributed by atoms with Crippen LogP contribution in [0.3, 0.4) is 0 Å². The average molecular weight is 448 g/mol. The topological polar surface area (TPSA) is 99.9 Å². The van der Waals surface area contributed by atoms with Crippen molar-refractivity contribution in [1.82, 2.24) is 24.2 Å². The molecule has 168 valence electrons. The van der Waals surface area contributed by atoms with Gasteiger partial charge in [0.2, 0.25) is 21.8 Å². The smallest absolute Gasteiger partial charge is 0.227 e. The molecule has 2 aliphatic heterocycles. The number of amides is 1. The molecule has 3 heterocycles. The highest BCUT2D eigenvalue weighted by Crippen LogP contribution is 2.15. The van der Waals surface area contributed by atoms with Gasteiger partial charge in [-0.15, -0.1) is 0 Å². The number of carbonyl (C=O) groups is 1. The molecule has 0 spiro atoms. The molecule has 31 heavy (non-hydrogen) atoms. The molecule has 0 radical (unpaired) electrons. The number of rotatable bonds is 8. The zero-order valence-corrected chi connectivity index (χ0v) is 18.5. The van der Waals surface area contributed by atoms with Crippen molar-refractivity contribution in [2.24, 2.45) is 0 Å². The summed E-state index contributed by atoms with van der Waals surface area (Å²) in [6.07, 6.45) is 3.00. The molecule has 0 atom stereocenters. The fourth-order valence-electron chi connectivity index (χ4n) is 4.04. The largest absolute Gasteiger partial charge is 0.343 e. The van der Waals surface area contributed by atoms with E-state index in [9.17, 15) is 13.2 Å². The van der Waals surface area contributed by atoms with Crippen LogP contribution in [0, 0.1) is 0 Å². The van der Waals surface area contributed by atoms with Crippen LogP contribution in [0.4, 0.5) is 0 Å². The number of carbonyl (C=O) groups excluding carboxylic acids is 1. The van der Waals surface area contributed by atoms with Crippen molar-refractivity contribution in [3.8, 4) is 0 Å². The molecule has 1 aromatic heterocycles. The molecular weight excluding hydrogens is 418 g/mol. The summed E-state index contributed by atoms with van der Waals surface area (Å²) >= 11 is 0. The monoisotopic (exact) mass is 447 g/mol. The lowest BCUT2D eigenvalue weighted by Gasteiger charge is -2.33. The van der Waals surface area contributed by atoms with Crippen molar-refractivity contribution >= 4 is 15.9 Å². The summed E-state index contributed by atoms with van der Waals surface area (Å²) < 4.78 is 32.2. The van der Waals surface area contributed by atoms with Crippen LogP contribution in [0.2, 0.25) is 0 Å². The summed E-state index contributed by atoms with van der Waals surface area (Å²) in [6, 6.07) is 9.25. The first kappa shape index (κ1) is 21.9. The van der Waals surface area contributed by atoms with E-state index in [4.69, 9.17) is 4.52 Å². The fourth-order valence-corrected chi connectivity index (χ4v) is 5.55. The Morgan fingerprint density at radius 1 is 1.00 bits per heavy atom. The van der Waals surface area contributed by atoms with E-state index in [1.807, 2.05) is 35.2 Å². The zero-order valence-electron chi connectivity index (χ0n) is 17.6. The lowest BCUT2D eigenvalue weighted by molar-refractivity contribution is -0.130. The van der Waals surface area contributed by atoms with Gasteiger partial charge >= 0.3 is 0 Å². The Hall–Kier alpha value is -2.30. The molecule has 2 fully saturated rings. The normalized spacial score (nSPS) is 18.5. The Bertz CT molecular complexity index is 965. The lowest BCUT2D eigenvalue weighted by atomic mass is 10.2. The minimum atomic E-state index is -3.33. The van der Waals surface area contributed by atoms with Crippen LogP contribution in [-0.4, -0.2) is 77.8 Å². The van der Waals surface area contributed by atoms with E-state index >= 15 is 0 Å². The minimum Gasteiger partial charge on any atom is -0.343 e. The fraction of sp³-hybridized carbons (Fsp3) is 0.571. The number of hydrogen-bond donors (Lipinski definition) is 0. The predicted molar refractivity (Wildman–Crippen MR) is 114 cm³/mol. The van der Waals surface area contributed by atoms with Gasteiger partial charge in [0.25, 0.3) is 0 Å². The van der Waals surface area contributed by atoms with Crippen molar-refractivity contribution in [3.63, 3.8) is 0 Å². The molecule has 0 bridgehead atoms. The summed E-state index contributed by atoms with van der Waals surface area (Å²) in [6.45, 7) is 4.34. The summed E-state index contributed by atoms with van der Waals surface area (Å²) in [5.41, 5.74) is 0.799. The number of sulfonamides is 1. The zero-order chi connectivity index (χ0) is 21.7. The minimum absolute atomic E-state index is 0.0260. The van der Waals surface area contributed by atoms with Crippen LogP contribution in [0.1, 0.15) is 36.5 Å². The second-order valence-electron chi connectivity index (χ2n) is 8.11. The molecule has 0 aliphatic carbocycles. The van der Waals surface area contributed by atoms with Crippen LogP contribution in [-0.2, 0) is 33.5 Å².